The molecule has 1 aliphatic carbocycles. The molecule has 10 heavy (non-hydrogen) atoms. The lowest BCUT2D eigenvalue weighted by atomic mass is 10.0. The first-order valence-electron chi connectivity index (χ1n) is 3.70. The molecule has 1 heterocycles. The Hall–Kier alpha value is 0.620. The molecule has 1 aliphatic heterocycles. The SMILES string of the molecule is CC1C[C@@]2(CF)C[C@H]2N1I. The fourth-order valence-electron chi connectivity index (χ4n) is 2.08. The van der Waals surface area contributed by atoms with E-state index in [1.54, 1.807) is 0 Å². The van der Waals surface area contributed by atoms with Gasteiger partial charge in [-0.25, -0.2) is 3.11 Å². The van der Waals surface area contributed by atoms with Crippen molar-refractivity contribution in [2.45, 2.75) is 31.8 Å². The average molecular weight is 255 g/mol. The van der Waals surface area contributed by atoms with Crippen molar-refractivity contribution >= 4 is 22.9 Å². The van der Waals surface area contributed by atoms with Crippen molar-refractivity contribution < 1.29 is 4.39 Å². The molecule has 0 radical (unpaired) electrons. The Morgan fingerprint density at radius 1 is 1.70 bits per heavy atom. The van der Waals surface area contributed by atoms with E-state index in [9.17, 15) is 4.39 Å². The fourth-order valence-corrected chi connectivity index (χ4v) is 3.06. The van der Waals surface area contributed by atoms with E-state index in [4.69, 9.17) is 0 Å². The summed E-state index contributed by atoms with van der Waals surface area (Å²) in [5, 5.41) is 0. The zero-order valence-electron chi connectivity index (χ0n) is 5.98. The van der Waals surface area contributed by atoms with Gasteiger partial charge >= 0.3 is 0 Å². The molecule has 2 aliphatic rings. The molecule has 0 spiro atoms. The summed E-state index contributed by atoms with van der Waals surface area (Å²) in [4.78, 5) is 0. The van der Waals surface area contributed by atoms with Crippen LogP contribution in [0.1, 0.15) is 19.8 Å². The fraction of sp³-hybridized carbons (Fsp3) is 1.00. The maximum Gasteiger partial charge on any atom is 0.0967 e. The molecule has 0 aromatic rings. The summed E-state index contributed by atoms with van der Waals surface area (Å²) in [7, 11) is 0. The van der Waals surface area contributed by atoms with Gasteiger partial charge in [-0.15, -0.1) is 0 Å². The molecule has 0 N–H and O–H groups in total. The lowest BCUT2D eigenvalue weighted by Gasteiger charge is -2.14. The summed E-state index contributed by atoms with van der Waals surface area (Å²) in [6.07, 6.45) is 2.16. The number of hydrogen-bond donors (Lipinski definition) is 0. The smallest absolute Gasteiger partial charge is 0.0967 e. The lowest BCUT2D eigenvalue weighted by molar-refractivity contribution is 0.332. The van der Waals surface area contributed by atoms with Crippen LogP contribution in [0.25, 0.3) is 0 Å². The number of piperidine rings is 1. The van der Waals surface area contributed by atoms with E-state index < -0.39 is 0 Å². The first kappa shape index (κ1) is 7.28. The van der Waals surface area contributed by atoms with Gasteiger partial charge in [-0.2, -0.15) is 0 Å². The molecule has 0 bridgehead atoms. The summed E-state index contributed by atoms with van der Waals surface area (Å²) < 4.78 is 14.7. The average Bonchev–Trinajstić information content (AvgIpc) is 2.57. The van der Waals surface area contributed by atoms with E-state index in [0.29, 0.717) is 12.1 Å². The first-order valence-corrected chi connectivity index (χ1v) is 4.66. The highest BCUT2D eigenvalue weighted by atomic mass is 127. The standard InChI is InChI=1S/C7H11FIN/c1-5-2-7(4-8)3-6(7)10(5)9/h5-6H,2-4H2,1H3/t5?,6-,7+/m1/s1. The molecule has 1 unspecified atom stereocenters. The maximum absolute atomic E-state index is 12.4. The molecule has 1 saturated heterocycles. The van der Waals surface area contributed by atoms with Crippen LogP contribution in [-0.4, -0.2) is 21.9 Å². The Labute approximate surface area is 74.5 Å². The van der Waals surface area contributed by atoms with Gasteiger partial charge in [0.1, 0.15) is 0 Å². The molecule has 3 heteroatoms. The topological polar surface area (TPSA) is 3.24 Å². The van der Waals surface area contributed by atoms with Crippen molar-refractivity contribution in [1.29, 1.82) is 0 Å². The quantitative estimate of drug-likeness (QED) is 0.512. The van der Waals surface area contributed by atoms with E-state index in [-0.39, 0.29) is 12.1 Å². The molecule has 3 atom stereocenters. The van der Waals surface area contributed by atoms with Crippen LogP contribution >= 0.6 is 22.9 Å². The van der Waals surface area contributed by atoms with E-state index >= 15 is 0 Å². The molecular formula is C7H11FIN. The molecule has 58 valence electrons. The number of hydrogen-bond acceptors (Lipinski definition) is 1. The van der Waals surface area contributed by atoms with Crippen LogP contribution in [0.4, 0.5) is 4.39 Å². The van der Waals surface area contributed by atoms with Gasteiger partial charge in [0, 0.05) is 40.4 Å². The summed E-state index contributed by atoms with van der Waals surface area (Å²) in [5.74, 6) is 0. The number of rotatable bonds is 1. The normalized spacial score (nSPS) is 53.1. The predicted molar refractivity (Wildman–Crippen MR) is 46.8 cm³/mol. The van der Waals surface area contributed by atoms with Crippen LogP contribution in [0.15, 0.2) is 0 Å². The van der Waals surface area contributed by atoms with Gasteiger partial charge in [0.2, 0.25) is 0 Å². The molecule has 2 fully saturated rings. The molecule has 1 saturated carbocycles. The van der Waals surface area contributed by atoms with Crippen molar-refractivity contribution in [2.24, 2.45) is 5.41 Å². The Morgan fingerprint density at radius 2 is 2.40 bits per heavy atom. The van der Waals surface area contributed by atoms with Crippen molar-refractivity contribution in [1.82, 2.24) is 3.11 Å². The van der Waals surface area contributed by atoms with Crippen LogP contribution in [0.3, 0.4) is 0 Å². The summed E-state index contributed by atoms with van der Waals surface area (Å²) in [6.45, 7) is 2.07. The molecule has 1 nitrogen and oxygen atoms in total. The molecule has 2 rings (SSSR count). The number of halogens is 2. The Kier molecular flexibility index (Phi) is 1.50. The maximum atomic E-state index is 12.4. The van der Waals surface area contributed by atoms with Crippen LogP contribution in [0.5, 0.6) is 0 Å². The third-order valence-corrected chi connectivity index (χ3v) is 4.46. The van der Waals surface area contributed by atoms with Crippen LogP contribution in [0.2, 0.25) is 0 Å². The van der Waals surface area contributed by atoms with Crippen molar-refractivity contribution in [3.05, 3.63) is 0 Å². The van der Waals surface area contributed by atoms with Crippen molar-refractivity contribution in [2.75, 3.05) is 6.67 Å². The van der Waals surface area contributed by atoms with Crippen LogP contribution in [-0.2, 0) is 0 Å². The number of nitrogens with zero attached hydrogens (tertiary/aromatic N) is 1. The zero-order chi connectivity index (χ0) is 7.35. The Bertz CT molecular complexity index is 164. The Balaban J connectivity index is 2.11. The monoisotopic (exact) mass is 255 g/mol. The number of fused-ring (bicyclic) bond motifs is 1. The third-order valence-electron chi connectivity index (χ3n) is 2.83. The van der Waals surface area contributed by atoms with E-state index in [1.807, 2.05) is 0 Å². The van der Waals surface area contributed by atoms with Crippen LogP contribution < -0.4 is 0 Å². The molecule has 0 aromatic heterocycles. The van der Waals surface area contributed by atoms with Crippen LogP contribution in [0, 0.1) is 5.41 Å². The highest BCUT2D eigenvalue weighted by Gasteiger charge is 2.63. The molecule has 0 amide bonds. The first-order chi connectivity index (χ1) is 4.69. The minimum Gasteiger partial charge on any atom is -0.250 e. The zero-order valence-corrected chi connectivity index (χ0v) is 8.14. The number of alkyl halides is 1. The minimum absolute atomic E-state index is 0.0978. The van der Waals surface area contributed by atoms with Gasteiger partial charge in [0.25, 0.3) is 0 Å². The summed E-state index contributed by atoms with van der Waals surface area (Å²) in [6, 6.07) is 1.16. The largest absolute Gasteiger partial charge is 0.250 e. The lowest BCUT2D eigenvalue weighted by Crippen LogP contribution is -2.18. The van der Waals surface area contributed by atoms with Gasteiger partial charge in [0.15, 0.2) is 0 Å². The highest BCUT2D eigenvalue weighted by molar-refractivity contribution is 14.1. The summed E-state index contributed by atoms with van der Waals surface area (Å²) >= 11 is 2.33. The van der Waals surface area contributed by atoms with Crippen molar-refractivity contribution in [3.63, 3.8) is 0 Å². The van der Waals surface area contributed by atoms with E-state index in [1.165, 1.54) is 0 Å². The highest BCUT2D eigenvalue weighted by Crippen LogP contribution is 2.60. The van der Waals surface area contributed by atoms with E-state index in [0.717, 1.165) is 12.8 Å². The molecular weight excluding hydrogens is 244 g/mol. The summed E-state index contributed by atoms with van der Waals surface area (Å²) in [5.41, 5.74) is 0.0978. The minimum atomic E-state index is -0.110. The second-order valence-electron chi connectivity index (χ2n) is 3.61. The van der Waals surface area contributed by atoms with Crippen molar-refractivity contribution in [3.8, 4) is 0 Å². The second kappa shape index (κ2) is 2.06. The second-order valence-corrected chi connectivity index (χ2v) is 4.73. The van der Waals surface area contributed by atoms with Gasteiger partial charge < -0.3 is 0 Å². The third kappa shape index (κ3) is 0.763. The van der Waals surface area contributed by atoms with Gasteiger partial charge in [-0.1, -0.05) is 0 Å². The van der Waals surface area contributed by atoms with Gasteiger partial charge in [-0.3, -0.25) is 4.39 Å². The van der Waals surface area contributed by atoms with Gasteiger partial charge in [0.05, 0.1) is 6.67 Å². The Morgan fingerprint density at radius 3 is 2.70 bits per heavy atom. The van der Waals surface area contributed by atoms with E-state index in [2.05, 4.69) is 32.9 Å². The predicted octanol–water partition coefficient (Wildman–Crippen LogP) is 2.16. The van der Waals surface area contributed by atoms with Gasteiger partial charge in [-0.05, 0) is 19.8 Å². The molecule has 0 aromatic carbocycles.